The second-order valence-corrected chi connectivity index (χ2v) is 4.32. The molecule has 0 N–H and O–H groups in total. The van der Waals surface area contributed by atoms with Gasteiger partial charge in [-0.3, -0.25) is 10.1 Å². The molecule has 0 radical (unpaired) electrons. The Kier molecular flexibility index (Phi) is 4.52. The van der Waals surface area contributed by atoms with Gasteiger partial charge in [-0.2, -0.15) is 0 Å². The van der Waals surface area contributed by atoms with Gasteiger partial charge in [0.2, 0.25) is 5.88 Å². The second kappa shape index (κ2) is 5.33. The molecule has 0 saturated carbocycles. The van der Waals surface area contributed by atoms with Gasteiger partial charge in [-0.15, -0.1) is 13.2 Å². The normalized spacial score (nSPS) is 11.4. The summed E-state index contributed by atoms with van der Waals surface area (Å²) in [6.45, 7) is 0. The smallest absolute Gasteiger partial charge is 0.388 e. The van der Waals surface area contributed by atoms with Gasteiger partial charge in [-0.1, -0.05) is 15.9 Å². The van der Waals surface area contributed by atoms with Crippen molar-refractivity contribution < 1.29 is 22.8 Å². The first-order chi connectivity index (χ1) is 7.76. The Balaban J connectivity index is 3.26. The van der Waals surface area contributed by atoms with Gasteiger partial charge in [0.05, 0.1) is 4.92 Å². The van der Waals surface area contributed by atoms with Crippen molar-refractivity contribution >= 4 is 44.2 Å². The lowest BCUT2D eigenvalue weighted by Crippen LogP contribution is -2.19. The van der Waals surface area contributed by atoms with Crippen molar-refractivity contribution in [2.75, 3.05) is 0 Å². The summed E-state index contributed by atoms with van der Waals surface area (Å²) in [6, 6.07) is 0. The standard InChI is InChI=1S/C7H3BrF3IN2O3/c8-1-3-5(12)4(14(15)16)2-13-6(3)17-7(9,10)11/h2H,1H2. The summed E-state index contributed by atoms with van der Waals surface area (Å²) < 4.78 is 39.8. The second-order valence-electron chi connectivity index (χ2n) is 2.68. The largest absolute Gasteiger partial charge is 0.574 e. The van der Waals surface area contributed by atoms with Crippen molar-refractivity contribution in [3.63, 3.8) is 0 Å². The lowest BCUT2D eigenvalue weighted by Gasteiger charge is -2.11. The molecule has 94 valence electrons. The Morgan fingerprint density at radius 1 is 1.59 bits per heavy atom. The third-order valence-corrected chi connectivity index (χ3v) is 3.36. The molecule has 1 rings (SSSR count). The molecule has 1 heterocycles. The highest BCUT2D eigenvalue weighted by Crippen LogP contribution is 2.33. The fourth-order valence-corrected chi connectivity index (χ4v) is 2.75. The maximum absolute atomic E-state index is 12.0. The number of halogens is 5. The summed E-state index contributed by atoms with van der Waals surface area (Å²) in [7, 11) is 0. The number of alkyl halides is 4. The SMILES string of the molecule is O=[N+]([O-])c1cnc(OC(F)(F)F)c(CBr)c1I. The number of rotatable bonds is 3. The fraction of sp³-hybridized carbons (Fsp3) is 0.286. The van der Waals surface area contributed by atoms with E-state index < -0.39 is 17.2 Å². The highest BCUT2D eigenvalue weighted by molar-refractivity contribution is 14.1. The van der Waals surface area contributed by atoms with Gasteiger partial charge in [0.1, 0.15) is 9.77 Å². The number of nitrogens with zero attached hydrogens (tertiary/aromatic N) is 2. The van der Waals surface area contributed by atoms with Crippen molar-refractivity contribution in [1.29, 1.82) is 0 Å². The van der Waals surface area contributed by atoms with E-state index in [4.69, 9.17) is 0 Å². The van der Waals surface area contributed by atoms with Gasteiger partial charge < -0.3 is 4.74 Å². The van der Waals surface area contributed by atoms with Crippen LogP contribution < -0.4 is 4.74 Å². The number of hydrogen-bond acceptors (Lipinski definition) is 4. The van der Waals surface area contributed by atoms with Crippen LogP contribution in [-0.4, -0.2) is 16.3 Å². The van der Waals surface area contributed by atoms with E-state index in [0.717, 1.165) is 6.20 Å². The summed E-state index contributed by atoms with van der Waals surface area (Å²) in [5, 5.41) is 10.5. The highest BCUT2D eigenvalue weighted by atomic mass is 127. The highest BCUT2D eigenvalue weighted by Gasteiger charge is 2.34. The lowest BCUT2D eigenvalue weighted by molar-refractivity contribution is -0.386. The zero-order chi connectivity index (χ0) is 13.2. The van der Waals surface area contributed by atoms with E-state index in [9.17, 15) is 23.3 Å². The third-order valence-electron chi connectivity index (χ3n) is 1.59. The summed E-state index contributed by atoms with van der Waals surface area (Å²) in [5.74, 6) is -0.690. The number of ether oxygens (including phenoxy) is 1. The zero-order valence-corrected chi connectivity index (χ0v) is 11.5. The van der Waals surface area contributed by atoms with Crippen LogP contribution in [0.3, 0.4) is 0 Å². The molecule has 0 amide bonds. The molecule has 0 aliphatic carbocycles. The molecule has 0 fully saturated rings. The molecule has 0 aliphatic rings. The number of nitro groups is 1. The van der Waals surface area contributed by atoms with E-state index in [0.29, 0.717) is 0 Å². The molecule has 0 spiro atoms. The molecule has 17 heavy (non-hydrogen) atoms. The molecule has 1 aromatic heterocycles. The topological polar surface area (TPSA) is 65.3 Å². The van der Waals surface area contributed by atoms with Crippen LogP contribution in [0.4, 0.5) is 18.9 Å². The summed E-state index contributed by atoms with van der Waals surface area (Å²) in [5.41, 5.74) is -0.383. The zero-order valence-electron chi connectivity index (χ0n) is 7.79. The minimum atomic E-state index is -4.89. The van der Waals surface area contributed by atoms with E-state index in [1.807, 2.05) is 0 Å². The average molecular weight is 427 g/mol. The van der Waals surface area contributed by atoms with Crippen LogP contribution >= 0.6 is 38.5 Å². The van der Waals surface area contributed by atoms with Gasteiger partial charge in [-0.25, -0.2) is 4.98 Å². The first-order valence-corrected chi connectivity index (χ1v) is 6.09. The maximum atomic E-state index is 12.0. The molecule has 5 nitrogen and oxygen atoms in total. The van der Waals surface area contributed by atoms with Gasteiger partial charge in [-0.05, 0) is 22.6 Å². The van der Waals surface area contributed by atoms with E-state index in [2.05, 4.69) is 25.7 Å². The minimum absolute atomic E-state index is 0.0166. The van der Waals surface area contributed by atoms with E-state index in [-0.39, 0.29) is 20.2 Å². The Morgan fingerprint density at radius 2 is 2.18 bits per heavy atom. The van der Waals surface area contributed by atoms with E-state index >= 15 is 0 Å². The quantitative estimate of drug-likeness (QED) is 0.321. The predicted molar refractivity (Wildman–Crippen MR) is 62.9 cm³/mol. The first kappa shape index (κ1) is 14.4. The average Bonchev–Trinajstić information content (AvgIpc) is 2.15. The van der Waals surface area contributed by atoms with Gasteiger partial charge >= 0.3 is 12.0 Å². The van der Waals surface area contributed by atoms with Gasteiger partial charge in [0.15, 0.2) is 0 Å². The van der Waals surface area contributed by atoms with Crippen LogP contribution in [0.5, 0.6) is 5.88 Å². The lowest BCUT2D eigenvalue weighted by atomic mass is 10.3. The van der Waals surface area contributed by atoms with Crippen molar-refractivity contribution in [2.24, 2.45) is 0 Å². The Morgan fingerprint density at radius 3 is 2.59 bits per heavy atom. The number of pyridine rings is 1. The minimum Gasteiger partial charge on any atom is -0.388 e. The van der Waals surface area contributed by atoms with Crippen LogP contribution in [0.2, 0.25) is 0 Å². The molecule has 0 bridgehead atoms. The summed E-state index contributed by atoms with van der Waals surface area (Å²) >= 11 is 4.51. The maximum Gasteiger partial charge on any atom is 0.574 e. The van der Waals surface area contributed by atoms with E-state index in [1.54, 1.807) is 22.6 Å². The molecule has 0 atom stereocenters. The van der Waals surface area contributed by atoms with Crippen molar-refractivity contribution in [2.45, 2.75) is 11.7 Å². The monoisotopic (exact) mass is 426 g/mol. The van der Waals surface area contributed by atoms with Crippen LogP contribution in [0, 0.1) is 13.7 Å². The van der Waals surface area contributed by atoms with Crippen molar-refractivity contribution in [3.05, 3.63) is 25.4 Å². The number of hydrogen-bond donors (Lipinski definition) is 0. The van der Waals surface area contributed by atoms with Crippen molar-refractivity contribution in [1.82, 2.24) is 4.98 Å². The third kappa shape index (κ3) is 3.66. The Hall–Kier alpha value is -0.650. The molecule has 0 unspecified atom stereocenters. The first-order valence-electron chi connectivity index (χ1n) is 3.89. The van der Waals surface area contributed by atoms with Crippen molar-refractivity contribution in [3.8, 4) is 5.88 Å². The van der Waals surface area contributed by atoms with E-state index in [1.165, 1.54) is 0 Å². The van der Waals surface area contributed by atoms with Crippen LogP contribution in [0.15, 0.2) is 6.20 Å². The van der Waals surface area contributed by atoms with Crippen LogP contribution in [0.1, 0.15) is 5.56 Å². The predicted octanol–water partition coefficient (Wildman–Crippen LogP) is 3.39. The summed E-state index contributed by atoms with van der Waals surface area (Å²) in [6.07, 6.45) is -4.15. The van der Waals surface area contributed by atoms with Crippen LogP contribution in [-0.2, 0) is 5.33 Å². The number of aromatic nitrogens is 1. The van der Waals surface area contributed by atoms with Gasteiger partial charge in [0, 0.05) is 10.9 Å². The Bertz CT molecular complexity index is 455. The Labute approximate surface area is 115 Å². The summed E-state index contributed by atoms with van der Waals surface area (Å²) in [4.78, 5) is 13.1. The molecule has 0 aromatic carbocycles. The fourth-order valence-electron chi connectivity index (χ4n) is 0.944. The molecule has 0 saturated heterocycles. The molecular weight excluding hydrogens is 424 g/mol. The van der Waals surface area contributed by atoms with Crippen LogP contribution in [0.25, 0.3) is 0 Å². The van der Waals surface area contributed by atoms with Gasteiger partial charge in [0.25, 0.3) is 0 Å². The molecular formula is C7H3BrF3IN2O3. The molecule has 10 heteroatoms. The molecule has 1 aromatic rings. The molecule has 0 aliphatic heterocycles.